The number of amides is 3. The lowest BCUT2D eigenvalue weighted by molar-refractivity contribution is -0.155. The predicted octanol–water partition coefficient (Wildman–Crippen LogP) is 4.40. The molecule has 2 atom stereocenters. The van der Waals surface area contributed by atoms with Crippen LogP contribution in [0.5, 0.6) is 0 Å². The van der Waals surface area contributed by atoms with Crippen LogP contribution in [0.3, 0.4) is 0 Å². The zero-order chi connectivity index (χ0) is 26.0. The summed E-state index contributed by atoms with van der Waals surface area (Å²) in [5, 5.41) is 5.44. The van der Waals surface area contributed by atoms with E-state index >= 15 is 0 Å². The monoisotopic (exact) mass is 517 g/mol. The van der Waals surface area contributed by atoms with Crippen molar-refractivity contribution >= 4 is 41.8 Å². The van der Waals surface area contributed by atoms with Gasteiger partial charge in [0.15, 0.2) is 6.10 Å². The van der Waals surface area contributed by atoms with Crippen LogP contribution in [0.4, 0.5) is 5.69 Å². The Labute approximate surface area is 210 Å². The van der Waals surface area contributed by atoms with Gasteiger partial charge in [0.05, 0.1) is 18.8 Å². The van der Waals surface area contributed by atoms with Gasteiger partial charge in [0, 0.05) is 36.7 Å². The zero-order valence-corrected chi connectivity index (χ0v) is 21.9. The minimum atomic E-state index is -3.52. The predicted molar refractivity (Wildman–Crippen MR) is 135 cm³/mol. The summed E-state index contributed by atoms with van der Waals surface area (Å²) in [6, 6.07) is 8.60. The van der Waals surface area contributed by atoms with Crippen molar-refractivity contribution in [3.8, 4) is 0 Å². The second-order valence-electron chi connectivity index (χ2n) is 8.76. The smallest absolute Gasteiger partial charge is 0.324 e. The number of hydrogen-bond acceptors (Lipinski definition) is 8. The molecule has 0 unspecified atom stereocenters. The molecule has 0 bridgehead atoms. The van der Waals surface area contributed by atoms with Crippen LogP contribution >= 0.6 is 7.60 Å². The Kier molecular flexibility index (Phi) is 7.92. The molecule has 10 nitrogen and oxygen atoms in total. The molecule has 4 rings (SSSR count). The average Bonchev–Trinajstić information content (AvgIpc) is 3.25. The van der Waals surface area contributed by atoms with Crippen LogP contribution in [0.25, 0.3) is 10.8 Å². The van der Waals surface area contributed by atoms with Crippen LogP contribution in [0.15, 0.2) is 30.3 Å². The van der Waals surface area contributed by atoms with Gasteiger partial charge in [0.1, 0.15) is 5.78 Å². The molecule has 2 aromatic rings. The van der Waals surface area contributed by atoms with Crippen LogP contribution < -0.4 is 5.32 Å². The van der Waals surface area contributed by atoms with Gasteiger partial charge in [-0.25, -0.2) is 0 Å². The molecule has 36 heavy (non-hydrogen) atoms. The third-order valence-corrected chi connectivity index (χ3v) is 8.85. The first kappa shape index (κ1) is 26.4. The molecule has 1 fully saturated rings. The molecule has 2 aliphatic heterocycles. The molecule has 1 N–H and O–H groups in total. The molecule has 194 valence electrons. The Morgan fingerprint density at radius 1 is 1.11 bits per heavy atom. The van der Waals surface area contributed by atoms with E-state index in [9.17, 15) is 18.9 Å². The van der Waals surface area contributed by atoms with Gasteiger partial charge in [0.2, 0.25) is 0 Å². The largest absolute Gasteiger partial charge is 0.350 e. The van der Waals surface area contributed by atoms with Gasteiger partial charge < -0.3 is 14.4 Å². The van der Waals surface area contributed by atoms with E-state index in [1.807, 2.05) is 6.92 Å². The first-order chi connectivity index (χ1) is 17.2. The maximum absolute atomic E-state index is 13.2. The van der Waals surface area contributed by atoms with Crippen molar-refractivity contribution in [2.24, 2.45) is 0 Å². The fourth-order valence-electron chi connectivity index (χ4n) is 4.68. The lowest BCUT2D eigenvalue weighted by Crippen LogP contribution is -2.41. The third kappa shape index (κ3) is 4.84. The SMILES string of the molecule is CCCCN1C(=O)c2cccc3cc(NC(=O)[C@H]4C[C@@H](P(=O)(OCC)OCC)N(C)O4)cc(c23)C1=O. The topological polar surface area (TPSA) is 114 Å². The van der Waals surface area contributed by atoms with Crippen molar-refractivity contribution in [1.82, 2.24) is 9.96 Å². The fraction of sp³-hybridized carbons (Fsp3) is 0.480. The Hall–Kier alpha value is -2.62. The number of carbonyl (C=O) groups is 3. The molecule has 0 spiro atoms. The molecule has 2 heterocycles. The summed E-state index contributed by atoms with van der Waals surface area (Å²) in [6.45, 7) is 6.18. The fourth-order valence-corrected chi connectivity index (χ4v) is 6.72. The Morgan fingerprint density at radius 3 is 2.47 bits per heavy atom. The van der Waals surface area contributed by atoms with Gasteiger partial charge in [-0.3, -0.25) is 28.7 Å². The molecular weight excluding hydrogens is 485 g/mol. The van der Waals surface area contributed by atoms with E-state index < -0.39 is 25.4 Å². The maximum Gasteiger partial charge on any atom is 0.350 e. The Morgan fingerprint density at radius 2 is 1.81 bits per heavy atom. The number of unbranched alkanes of at least 4 members (excludes halogenated alkanes) is 1. The van der Waals surface area contributed by atoms with Gasteiger partial charge in [0.25, 0.3) is 17.7 Å². The number of anilines is 1. The van der Waals surface area contributed by atoms with E-state index in [0.29, 0.717) is 40.6 Å². The number of rotatable bonds is 10. The molecule has 0 aromatic heterocycles. The number of hydrogen-bond donors (Lipinski definition) is 1. The standard InChI is InChI=1S/C25H32N3O7P/c1-5-8-12-28-24(30)18-11-9-10-16-13-17(14-19(22(16)18)25(28)31)26-23(29)20-15-21(27(4)35-20)36(32,33-6-2)34-7-3/h9-11,13-14,20-21H,5-8,12,15H2,1-4H3,(H,26,29)/t20-,21-/m1/s1. The number of nitrogens with one attached hydrogen (secondary N) is 1. The lowest BCUT2D eigenvalue weighted by atomic mass is 9.93. The van der Waals surface area contributed by atoms with E-state index in [2.05, 4.69) is 5.32 Å². The maximum atomic E-state index is 13.2. The molecule has 0 aliphatic carbocycles. The summed E-state index contributed by atoms with van der Waals surface area (Å²) in [5.74, 6) is -1.86. The molecule has 0 saturated carbocycles. The average molecular weight is 518 g/mol. The van der Waals surface area contributed by atoms with Gasteiger partial charge in [-0.15, -0.1) is 0 Å². The third-order valence-electron chi connectivity index (χ3n) is 6.34. The van der Waals surface area contributed by atoms with E-state index in [-0.39, 0.29) is 31.4 Å². The summed E-state index contributed by atoms with van der Waals surface area (Å²) < 4.78 is 24.1. The van der Waals surface area contributed by atoms with Crippen molar-refractivity contribution < 1.29 is 32.8 Å². The van der Waals surface area contributed by atoms with Crippen molar-refractivity contribution in [3.05, 3.63) is 41.5 Å². The van der Waals surface area contributed by atoms with E-state index in [0.717, 1.165) is 6.42 Å². The molecular formula is C25H32N3O7P. The Bertz CT molecular complexity index is 1220. The minimum Gasteiger partial charge on any atom is -0.324 e. The molecule has 3 amide bonds. The van der Waals surface area contributed by atoms with Crippen molar-refractivity contribution in [3.63, 3.8) is 0 Å². The van der Waals surface area contributed by atoms with Crippen LogP contribution in [-0.2, 0) is 23.2 Å². The van der Waals surface area contributed by atoms with Crippen LogP contribution in [0.2, 0.25) is 0 Å². The zero-order valence-electron chi connectivity index (χ0n) is 21.0. The summed E-state index contributed by atoms with van der Waals surface area (Å²) in [6.07, 6.45) is 0.745. The highest BCUT2D eigenvalue weighted by Gasteiger charge is 2.48. The summed E-state index contributed by atoms with van der Waals surface area (Å²) in [7, 11) is -1.93. The molecule has 1 saturated heterocycles. The molecule has 11 heteroatoms. The van der Waals surface area contributed by atoms with Crippen LogP contribution in [0, 0.1) is 0 Å². The summed E-state index contributed by atoms with van der Waals surface area (Å²) in [4.78, 5) is 46.3. The number of carbonyl (C=O) groups excluding carboxylic acids is 3. The van der Waals surface area contributed by atoms with E-state index in [1.165, 1.54) is 9.96 Å². The highest BCUT2D eigenvalue weighted by atomic mass is 31.2. The number of hydroxylamine groups is 2. The van der Waals surface area contributed by atoms with Crippen LogP contribution in [-0.4, -0.2) is 66.4 Å². The molecule has 2 aromatic carbocycles. The second-order valence-corrected chi connectivity index (χ2v) is 11.0. The first-order valence-electron chi connectivity index (χ1n) is 12.3. The van der Waals surface area contributed by atoms with Gasteiger partial charge in [-0.05, 0) is 43.9 Å². The highest BCUT2D eigenvalue weighted by Crippen LogP contribution is 2.57. The van der Waals surface area contributed by atoms with E-state index in [1.54, 1.807) is 51.2 Å². The number of benzene rings is 2. The molecule has 0 radical (unpaired) electrons. The van der Waals surface area contributed by atoms with Crippen molar-refractivity contribution in [1.29, 1.82) is 0 Å². The quantitative estimate of drug-likeness (QED) is 0.364. The summed E-state index contributed by atoms with van der Waals surface area (Å²) in [5.41, 5.74) is 1.25. The normalized spacial score (nSPS) is 20.4. The summed E-state index contributed by atoms with van der Waals surface area (Å²) >= 11 is 0. The van der Waals surface area contributed by atoms with Gasteiger partial charge in [-0.1, -0.05) is 25.5 Å². The first-order valence-corrected chi connectivity index (χ1v) is 13.9. The van der Waals surface area contributed by atoms with Gasteiger partial charge in [-0.2, -0.15) is 5.06 Å². The van der Waals surface area contributed by atoms with Gasteiger partial charge >= 0.3 is 7.60 Å². The highest BCUT2D eigenvalue weighted by molar-refractivity contribution is 7.54. The second kappa shape index (κ2) is 10.8. The van der Waals surface area contributed by atoms with Crippen molar-refractivity contribution in [2.75, 3.05) is 32.1 Å². The van der Waals surface area contributed by atoms with Crippen molar-refractivity contribution in [2.45, 2.75) is 51.9 Å². The lowest BCUT2D eigenvalue weighted by Gasteiger charge is -2.27. The molecule has 2 aliphatic rings. The Balaban J connectivity index is 1.59. The van der Waals surface area contributed by atoms with Crippen LogP contribution in [0.1, 0.15) is 60.7 Å². The number of imide groups is 1. The number of nitrogens with zero attached hydrogens (tertiary/aromatic N) is 2. The minimum absolute atomic E-state index is 0.114. The van der Waals surface area contributed by atoms with E-state index in [4.69, 9.17) is 13.9 Å².